The fourth-order valence-corrected chi connectivity index (χ4v) is 2.34. The number of rotatable bonds is 5. The van der Waals surface area contributed by atoms with E-state index in [1.54, 1.807) is 12.1 Å². The van der Waals surface area contributed by atoms with Gasteiger partial charge in [0.15, 0.2) is 0 Å². The van der Waals surface area contributed by atoms with Crippen molar-refractivity contribution in [2.24, 2.45) is 5.41 Å². The number of ether oxygens (including phenoxy) is 1. The Morgan fingerprint density at radius 2 is 2.00 bits per heavy atom. The largest absolute Gasteiger partial charge is 0.390 e. The van der Waals surface area contributed by atoms with Gasteiger partial charge in [-0.15, -0.1) is 0 Å². The second kappa shape index (κ2) is 6.69. The Bertz CT molecular complexity index is 415. The second-order valence-electron chi connectivity index (χ2n) is 5.76. The quantitative estimate of drug-likeness (QED) is 0.892. The van der Waals surface area contributed by atoms with Gasteiger partial charge < -0.3 is 9.84 Å². The third-order valence-electron chi connectivity index (χ3n) is 2.98. The molecule has 0 radical (unpaired) electrons. The topological polar surface area (TPSA) is 29.5 Å². The maximum atomic E-state index is 13.1. The van der Waals surface area contributed by atoms with Crippen LogP contribution in [0.3, 0.4) is 0 Å². The van der Waals surface area contributed by atoms with E-state index in [1.165, 1.54) is 6.07 Å². The SMILES string of the molecule is CCOC(C(O)Cc1ccc(F)c(Cl)c1)C(C)(C)C. The number of aliphatic hydroxyl groups excluding tert-OH is 1. The van der Waals surface area contributed by atoms with Gasteiger partial charge in [-0.05, 0) is 30.0 Å². The molecular weight excluding hydrogens is 267 g/mol. The first-order valence-electron chi connectivity index (χ1n) is 6.49. The summed E-state index contributed by atoms with van der Waals surface area (Å²) in [6.45, 7) is 8.51. The van der Waals surface area contributed by atoms with Gasteiger partial charge in [0.1, 0.15) is 5.82 Å². The molecule has 0 aliphatic heterocycles. The lowest BCUT2D eigenvalue weighted by Crippen LogP contribution is -2.41. The zero-order chi connectivity index (χ0) is 14.6. The molecule has 4 heteroatoms. The second-order valence-corrected chi connectivity index (χ2v) is 6.17. The number of halogens is 2. The van der Waals surface area contributed by atoms with Gasteiger partial charge in [-0.1, -0.05) is 38.4 Å². The van der Waals surface area contributed by atoms with Gasteiger partial charge in [0.25, 0.3) is 0 Å². The lowest BCUT2D eigenvalue weighted by Gasteiger charge is -2.34. The predicted molar refractivity (Wildman–Crippen MR) is 76.0 cm³/mol. The van der Waals surface area contributed by atoms with Crippen molar-refractivity contribution < 1.29 is 14.2 Å². The van der Waals surface area contributed by atoms with E-state index < -0.39 is 11.9 Å². The first-order chi connectivity index (χ1) is 8.75. The van der Waals surface area contributed by atoms with Crippen LogP contribution in [0.15, 0.2) is 18.2 Å². The fourth-order valence-electron chi connectivity index (χ4n) is 2.13. The minimum Gasteiger partial charge on any atom is -0.390 e. The molecule has 0 saturated heterocycles. The van der Waals surface area contributed by atoms with Crippen molar-refractivity contribution in [1.29, 1.82) is 0 Å². The summed E-state index contributed by atoms with van der Waals surface area (Å²) in [5, 5.41) is 10.4. The third-order valence-corrected chi connectivity index (χ3v) is 3.27. The van der Waals surface area contributed by atoms with Gasteiger partial charge in [-0.25, -0.2) is 4.39 Å². The monoisotopic (exact) mass is 288 g/mol. The first kappa shape index (κ1) is 16.4. The summed E-state index contributed by atoms with van der Waals surface area (Å²) in [6, 6.07) is 4.50. The van der Waals surface area contributed by atoms with Crippen LogP contribution in [0.5, 0.6) is 0 Å². The van der Waals surface area contributed by atoms with Crippen LogP contribution < -0.4 is 0 Å². The first-order valence-corrected chi connectivity index (χ1v) is 6.87. The highest BCUT2D eigenvalue weighted by atomic mass is 35.5. The Hall–Kier alpha value is -0.640. The molecule has 0 fully saturated rings. The molecule has 1 aromatic rings. The normalized spacial score (nSPS) is 15.3. The summed E-state index contributed by atoms with van der Waals surface area (Å²) in [5.74, 6) is -0.447. The predicted octanol–water partition coefficient (Wildman–Crippen LogP) is 3.83. The molecule has 2 nitrogen and oxygen atoms in total. The van der Waals surface area contributed by atoms with Crippen LogP contribution in [0.2, 0.25) is 5.02 Å². The zero-order valence-corrected chi connectivity index (χ0v) is 12.7. The van der Waals surface area contributed by atoms with E-state index in [2.05, 4.69) is 0 Å². The Balaban J connectivity index is 2.81. The van der Waals surface area contributed by atoms with E-state index >= 15 is 0 Å². The molecule has 0 amide bonds. The number of aliphatic hydroxyl groups is 1. The molecule has 0 spiro atoms. The maximum absolute atomic E-state index is 13.1. The van der Waals surface area contributed by atoms with E-state index in [-0.39, 0.29) is 16.5 Å². The van der Waals surface area contributed by atoms with Crippen LogP contribution in [-0.2, 0) is 11.2 Å². The lowest BCUT2D eigenvalue weighted by molar-refractivity contribution is -0.0873. The van der Waals surface area contributed by atoms with Gasteiger partial charge >= 0.3 is 0 Å². The van der Waals surface area contributed by atoms with Crippen LogP contribution in [0.25, 0.3) is 0 Å². The Morgan fingerprint density at radius 1 is 1.37 bits per heavy atom. The highest BCUT2D eigenvalue weighted by Crippen LogP contribution is 2.27. The average molecular weight is 289 g/mol. The highest BCUT2D eigenvalue weighted by molar-refractivity contribution is 6.30. The number of benzene rings is 1. The van der Waals surface area contributed by atoms with Gasteiger partial charge in [0.2, 0.25) is 0 Å². The van der Waals surface area contributed by atoms with Crippen molar-refractivity contribution >= 4 is 11.6 Å². The lowest BCUT2D eigenvalue weighted by atomic mass is 9.83. The summed E-state index contributed by atoms with van der Waals surface area (Å²) in [4.78, 5) is 0. The maximum Gasteiger partial charge on any atom is 0.141 e. The van der Waals surface area contributed by atoms with Crippen molar-refractivity contribution in [3.05, 3.63) is 34.6 Å². The minimum absolute atomic E-state index is 0.0772. The summed E-state index contributed by atoms with van der Waals surface area (Å²) < 4.78 is 18.7. The fraction of sp³-hybridized carbons (Fsp3) is 0.600. The summed E-state index contributed by atoms with van der Waals surface area (Å²) in [5.41, 5.74) is 0.632. The third kappa shape index (κ3) is 4.75. The Morgan fingerprint density at radius 3 is 2.47 bits per heavy atom. The van der Waals surface area contributed by atoms with Crippen LogP contribution in [0.4, 0.5) is 4.39 Å². The molecule has 1 aromatic carbocycles. The smallest absolute Gasteiger partial charge is 0.141 e. The van der Waals surface area contributed by atoms with Gasteiger partial charge in [-0.3, -0.25) is 0 Å². The Kier molecular flexibility index (Phi) is 5.78. The summed E-state index contributed by atoms with van der Waals surface area (Å²) in [6.07, 6.45) is -0.537. The van der Waals surface area contributed by atoms with Crippen molar-refractivity contribution in [3.63, 3.8) is 0 Å². The summed E-state index contributed by atoms with van der Waals surface area (Å²) in [7, 11) is 0. The van der Waals surface area contributed by atoms with E-state index in [1.807, 2.05) is 27.7 Å². The van der Waals surface area contributed by atoms with Crippen LogP contribution in [0, 0.1) is 11.2 Å². The van der Waals surface area contributed by atoms with E-state index in [9.17, 15) is 9.50 Å². The molecular formula is C15H22ClFO2. The highest BCUT2D eigenvalue weighted by Gasteiger charge is 2.31. The number of hydrogen-bond donors (Lipinski definition) is 1. The van der Waals surface area contributed by atoms with Crippen LogP contribution in [-0.4, -0.2) is 23.9 Å². The van der Waals surface area contributed by atoms with Crippen LogP contribution in [0.1, 0.15) is 33.3 Å². The van der Waals surface area contributed by atoms with Crippen molar-refractivity contribution in [2.45, 2.75) is 46.3 Å². The minimum atomic E-state index is -0.651. The molecule has 2 unspecified atom stereocenters. The molecule has 2 atom stereocenters. The molecule has 0 aliphatic carbocycles. The molecule has 108 valence electrons. The van der Waals surface area contributed by atoms with Gasteiger partial charge in [0.05, 0.1) is 17.2 Å². The molecule has 1 rings (SSSR count). The molecule has 1 N–H and O–H groups in total. The van der Waals surface area contributed by atoms with Crippen molar-refractivity contribution in [2.75, 3.05) is 6.61 Å². The van der Waals surface area contributed by atoms with Crippen molar-refractivity contribution in [3.8, 4) is 0 Å². The number of hydrogen-bond acceptors (Lipinski definition) is 2. The average Bonchev–Trinajstić information content (AvgIpc) is 2.29. The van der Waals surface area contributed by atoms with Gasteiger partial charge in [-0.2, -0.15) is 0 Å². The molecule has 0 aliphatic rings. The Labute approximate surface area is 119 Å². The van der Waals surface area contributed by atoms with Crippen LogP contribution >= 0.6 is 11.6 Å². The van der Waals surface area contributed by atoms with Crippen molar-refractivity contribution in [1.82, 2.24) is 0 Å². The molecule has 0 aromatic heterocycles. The standard InChI is InChI=1S/C15H22ClFO2/c1-5-19-14(15(2,3)4)13(18)9-10-6-7-12(17)11(16)8-10/h6-8,13-14,18H,5,9H2,1-4H3. The molecule has 0 heterocycles. The molecule has 19 heavy (non-hydrogen) atoms. The molecule has 0 bridgehead atoms. The zero-order valence-electron chi connectivity index (χ0n) is 11.9. The van der Waals surface area contributed by atoms with E-state index in [0.717, 1.165) is 5.56 Å². The molecule has 0 saturated carbocycles. The van der Waals surface area contributed by atoms with E-state index in [0.29, 0.717) is 13.0 Å². The van der Waals surface area contributed by atoms with E-state index in [4.69, 9.17) is 16.3 Å². The van der Waals surface area contributed by atoms with Gasteiger partial charge in [0, 0.05) is 13.0 Å². The summed E-state index contributed by atoms with van der Waals surface area (Å²) >= 11 is 5.74.